The summed E-state index contributed by atoms with van der Waals surface area (Å²) in [5.41, 5.74) is 9.34. The minimum absolute atomic E-state index is 0.0255. The van der Waals surface area contributed by atoms with Crippen molar-refractivity contribution in [1.29, 1.82) is 0 Å². The van der Waals surface area contributed by atoms with Crippen LogP contribution in [0, 0.1) is 6.92 Å². The maximum absolute atomic E-state index is 13.6. The van der Waals surface area contributed by atoms with Gasteiger partial charge < -0.3 is 19.9 Å². The topological polar surface area (TPSA) is 106 Å². The molecular formula is C31H31Cl2N3O5. The van der Waals surface area contributed by atoms with Gasteiger partial charge in [0, 0.05) is 12.0 Å². The predicted molar refractivity (Wildman–Crippen MR) is 159 cm³/mol. The second-order valence-corrected chi connectivity index (χ2v) is 10.4. The first-order chi connectivity index (χ1) is 19.5. The van der Waals surface area contributed by atoms with E-state index in [1.165, 1.54) is 6.92 Å². The number of carbonyl (C=O) groups excluding carboxylic acids is 2. The summed E-state index contributed by atoms with van der Waals surface area (Å²) in [6.45, 7) is 5.19. The van der Waals surface area contributed by atoms with Gasteiger partial charge in [-0.3, -0.25) is 0 Å². The van der Waals surface area contributed by atoms with Gasteiger partial charge in [0.05, 0.1) is 40.8 Å². The molecule has 0 fully saturated rings. The summed E-state index contributed by atoms with van der Waals surface area (Å²) in [7, 11) is 1.59. The molecule has 0 spiro atoms. The van der Waals surface area contributed by atoms with E-state index >= 15 is 0 Å². The van der Waals surface area contributed by atoms with Crippen LogP contribution in [0.2, 0.25) is 10.0 Å². The van der Waals surface area contributed by atoms with Crippen molar-refractivity contribution in [2.75, 3.05) is 13.7 Å². The third kappa shape index (κ3) is 6.73. The smallest absolute Gasteiger partial charge is 0.347 e. The van der Waals surface area contributed by atoms with Crippen LogP contribution in [0.25, 0.3) is 16.9 Å². The number of aromatic nitrogens is 2. The van der Waals surface area contributed by atoms with Crippen molar-refractivity contribution in [2.45, 2.75) is 38.8 Å². The maximum atomic E-state index is 13.6. The Kier molecular flexibility index (Phi) is 9.38. The standard InChI is InChI=1S/C31H31Cl2N3O5/c1-5-40-29(37)20(3)41-30(38)31(34,22-8-6-7-19(2)15-22)18-23-17-28(21-9-14-26(32)27(33)16-21)36(35-23)24-10-12-25(39-4)13-11-24/h6-17,20H,5,18,34H2,1-4H3/t20-,31+/m0/s1. The normalized spacial score (nSPS) is 13.2. The van der Waals surface area contributed by atoms with Gasteiger partial charge in [0.15, 0.2) is 6.10 Å². The molecule has 1 aromatic heterocycles. The highest BCUT2D eigenvalue weighted by Crippen LogP contribution is 2.33. The van der Waals surface area contributed by atoms with Crippen LogP contribution in [0.3, 0.4) is 0 Å². The number of carbonyl (C=O) groups is 2. The lowest BCUT2D eigenvalue weighted by molar-refractivity contribution is -0.170. The fourth-order valence-electron chi connectivity index (χ4n) is 4.37. The van der Waals surface area contributed by atoms with Gasteiger partial charge in [0.25, 0.3) is 0 Å². The molecule has 0 unspecified atom stereocenters. The Morgan fingerprint density at radius 2 is 1.76 bits per heavy atom. The highest BCUT2D eigenvalue weighted by molar-refractivity contribution is 6.42. The molecule has 0 bridgehead atoms. The predicted octanol–water partition coefficient (Wildman–Crippen LogP) is 6.05. The molecule has 1 heterocycles. The Morgan fingerprint density at radius 3 is 2.39 bits per heavy atom. The highest BCUT2D eigenvalue weighted by Gasteiger charge is 2.41. The van der Waals surface area contributed by atoms with Crippen molar-refractivity contribution < 1.29 is 23.8 Å². The Labute approximate surface area is 248 Å². The zero-order valence-electron chi connectivity index (χ0n) is 23.2. The van der Waals surface area contributed by atoms with Gasteiger partial charge >= 0.3 is 11.9 Å². The number of nitrogens with zero attached hydrogens (tertiary/aromatic N) is 2. The molecular weight excluding hydrogens is 565 g/mol. The fourth-order valence-corrected chi connectivity index (χ4v) is 4.67. The average Bonchev–Trinajstić information content (AvgIpc) is 3.38. The quantitative estimate of drug-likeness (QED) is 0.222. The number of hydrogen-bond donors (Lipinski definition) is 1. The Bertz CT molecular complexity index is 1550. The third-order valence-corrected chi connectivity index (χ3v) is 7.29. The van der Waals surface area contributed by atoms with E-state index in [-0.39, 0.29) is 13.0 Å². The zero-order valence-corrected chi connectivity index (χ0v) is 24.7. The zero-order chi connectivity index (χ0) is 29.7. The third-order valence-electron chi connectivity index (χ3n) is 6.55. The first-order valence-corrected chi connectivity index (χ1v) is 13.7. The molecule has 3 aromatic carbocycles. The van der Waals surface area contributed by atoms with Crippen molar-refractivity contribution in [2.24, 2.45) is 5.73 Å². The molecule has 4 aromatic rings. The number of esters is 2. The monoisotopic (exact) mass is 595 g/mol. The Morgan fingerprint density at radius 1 is 1.02 bits per heavy atom. The average molecular weight is 597 g/mol. The molecule has 0 amide bonds. The van der Waals surface area contributed by atoms with E-state index in [4.69, 9.17) is 48.2 Å². The van der Waals surface area contributed by atoms with E-state index in [1.807, 2.05) is 61.5 Å². The van der Waals surface area contributed by atoms with Gasteiger partial charge in [-0.1, -0.05) is 59.1 Å². The second kappa shape index (κ2) is 12.8. The number of hydrogen-bond acceptors (Lipinski definition) is 7. The van der Waals surface area contributed by atoms with Crippen molar-refractivity contribution in [1.82, 2.24) is 9.78 Å². The first kappa shape index (κ1) is 30.1. The molecule has 0 saturated carbocycles. The van der Waals surface area contributed by atoms with Crippen LogP contribution in [0.4, 0.5) is 0 Å². The van der Waals surface area contributed by atoms with Gasteiger partial charge in [-0.05, 0) is 68.8 Å². The van der Waals surface area contributed by atoms with Crippen molar-refractivity contribution in [3.8, 4) is 22.7 Å². The highest BCUT2D eigenvalue weighted by atomic mass is 35.5. The van der Waals surface area contributed by atoms with E-state index in [9.17, 15) is 9.59 Å². The molecule has 0 aliphatic carbocycles. The van der Waals surface area contributed by atoms with Crippen LogP contribution in [-0.4, -0.2) is 41.5 Å². The second-order valence-electron chi connectivity index (χ2n) is 9.58. The summed E-state index contributed by atoms with van der Waals surface area (Å²) >= 11 is 12.5. The number of nitrogens with two attached hydrogens (primary N) is 1. The molecule has 2 atom stereocenters. The number of methoxy groups -OCH3 is 1. The van der Waals surface area contributed by atoms with Crippen LogP contribution < -0.4 is 10.5 Å². The van der Waals surface area contributed by atoms with Crippen LogP contribution >= 0.6 is 23.2 Å². The molecule has 0 radical (unpaired) electrons. The summed E-state index contributed by atoms with van der Waals surface area (Å²) in [4.78, 5) is 25.9. The summed E-state index contributed by atoms with van der Waals surface area (Å²) < 4.78 is 17.6. The summed E-state index contributed by atoms with van der Waals surface area (Å²) in [5.74, 6) is -0.743. The number of rotatable bonds is 10. The van der Waals surface area contributed by atoms with Crippen LogP contribution in [-0.2, 0) is 31.0 Å². The number of ether oxygens (including phenoxy) is 3. The molecule has 214 valence electrons. The Balaban J connectivity index is 1.80. The lowest BCUT2D eigenvalue weighted by Crippen LogP contribution is -2.49. The molecule has 0 aliphatic heterocycles. The number of halogens is 2. The molecule has 4 rings (SSSR count). The molecule has 0 aliphatic rings. The van der Waals surface area contributed by atoms with Crippen molar-refractivity contribution in [3.63, 3.8) is 0 Å². The van der Waals surface area contributed by atoms with Crippen LogP contribution in [0.5, 0.6) is 5.75 Å². The van der Waals surface area contributed by atoms with Gasteiger partial charge in [-0.15, -0.1) is 0 Å². The van der Waals surface area contributed by atoms with Gasteiger partial charge in [-0.25, -0.2) is 14.3 Å². The van der Waals surface area contributed by atoms with Crippen LogP contribution in [0.15, 0.2) is 72.8 Å². The molecule has 41 heavy (non-hydrogen) atoms. The fraction of sp³-hybridized carbons (Fsp3) is 0.258. The number of benzene rings is 3. The van der Waals surface area contributed by atoms with Crippen molar-refractivity contribution in [3.05, 3.63) is 99.7 Å². The van der Waals surface area contributed by atoms with Gasteiger partial charge in [0.2, 0.25) is 0 Å². The van der Waals surface area contributed by atoms with Gasteiger partial charge in [0.1, 0.15) is 11.3 Å². The van der Waals surface area contributed by atoms with E-state index in [0.717, 1.165) is 16.8 Å². The molecule has 10 heteroatoms. The molecule has 0 saturated heterocycles. The van der Waals surface area contributed by atoms with E-state index in [0.29, 0.717) is 32.7 Å². The summed E-state index contributed by atoms with van der Waals surface area (Å²) in [6.07, 6.45) is -1.17. The minimum atomic E-state index is -1.67. The van der Waals surface area contributed by atoms with Gasteiger partial charge in [-0.2, -0.15) is 5.10 Å². The first-order valence-electron chi connectivity index (χ1n) is 13.0. The Hall–Kier alpha value is -3.85. The summed E-state index contributed by atoms with van der Waals surface area (Å²) in [6, 6.07) is 21.8. The van der Waals surface area contributed by atoms with E-state index in [1.54, 1.807) is 36.9 Å². The minimum Gasteiger partial charge on any atom is -0.497 e. The molecule has 2 N–H and O–H groups in total. The number of aryl methyl sites for hydroxylation is 1. The largest absolute Gasteiger partial charge is 0.497 e. The lowest BCUT2D eigenvalue weighted by atomic mass is 9.85. The van der Waals surface area contributed by atoms with Crippen molar-refractivity contribution >= 4 is 35.1 Å². The summed E-state index contributed by atoms with van der Waals surface area (Å²) in [5, 5.41) is 5.65. The SMILES string of the molecule is CCOC(=O)[C@H](C)OC(=O)[C@@](N)(Cc1cc(-c2ccc(Cl)c(Cl)c2)n(-c2ccc(OC)cc2)n1)c1cccc(C)c1. The van der Waals surface area contributed by atoms with E-state index in [2.05, 4.69) is 0 Å². The lowest BCUT2D eigenvalue weighted by Gasteiger charge is -2.28. The molecule has 8 nitrogen and oxygen atoms in total. The van der Waals surface area contributed by atoms with Crippen LogP contribution in [0.1, 0.15) is 30.7 Å². The maximum Gasteiger partial charge on any atom is 0.347 e. The van der Waals surface area contributed by atoms with E-state index < -0.39 is 23.6 Å².